The molecule has 1 aromatic rings. The monoisotopic (exact) mass is 199 g/mol. The van der Waals surface area contributed by atoms with Crippen molar-refractivity contribution in [1.82, 2.24) is 14.9 Å². The summed E-state index contributed by atoms with van der Waals surface area (Å²) in [7, 11) is 1.95. The second-order valence-electron chi connectivity index (χ2n) is 3.37. The second kappa shape index (κ2) is 3.68. The van der Waals surface area contributed by atoms with E-state index >= 15 is 0 Å². The number of aromatic nitrogens is 2. The van der Waals surface area contributed by atoms with Gasteiger partial charge in [0.25, 0.3) is 0 Å². The number of likely N-dealkylation sites (N-methyl/N-ethyl adjacent to an activating group) is 1. The molecule has 0 bridgehead atoms. The first-order valence-electron chi connectivity index (χ1n) is 4.71. The van der Waals surface area contributed by atoms with Gasteiger partial charge in [-0.05, 0) is 13.5 Å². The predicted octanol–water partition coefficient (Wildman–Crippen LogP) is 1.24. The molecule has 1 N–H and O–H groups in total. The summed E-state index contributed by atoms with van der Waals surface area (Å²) in [6, 6.07) is 0. The zero-order valence-corrected chi connectivity index (χ0v) is 8.56. The Morgan fingerprint density at radius 2 is 2.46 bits per heavy atom. The van der Waals surface area contributed by atoms with Crippen LogP contribution in [0.15, 0.2) is 0 Å². The van der Waals surface area contributed by atoms with Crippen LogP contribution in [0.3, 0.4) is 0 Å². The second-order valence-corrected chi connectivity index (χ2v) is 3.73. The Hall–Kier alpha value is -0.540. The topological polar surface area (TPSA) is 29.9 Å². The number of nitrogens with zero attached hydrogens (tertiary/aromatic N) is 2. The summed E-state index contributed by atoms with van der Waals surface area (Å²) in [4.78, 5) is 4.34. The molecule has 72 valence electrons. The van der Waals surface area contributed by atoms with Crippen LogP contribution in [0.1, 0.15) is 17.9 Å². The van der Waals surface area contributed by atoms with E-state index in [2.05, 4.69) is 14.9 Å². The molecule has 0 atom stereocenters. The van der Waals surface area contributed by atoms with Gasteiger partial charge in [0.1, 0.15) is 5.82 Å². The van der Waals surface area contributed by atoms with Crippen LogP contribution in [-0.4, -0.2) is 23.1 Å². The Labute approximate surface area is 83.1 Å². The lowest BCUT2D eigenvalue weighted by Crippen LogP contribution is -2.13. The minimum Gasteiger partial charge on any atom is -0.331 e. The SMILES string of the molecule is CNCCc1c(Cl)nc2n1CCC2. The molecule has 0 aliphatic carbocycles. The molecule has 0 saturated carbocycles. The van der Waals surface area contributed by atoms with Crippen molar-refractivity contribution in [3.05, 3.63) is 16.7 Å². The van der Waals surface area contributed by atoms with Gasteiger partial charge in [0, 0.05) is 25.9 Å². The normalized spacial score (nSPS) is 14.9. The first-order chi connectivity index (χ1) is 6.33. The summed E-state index contributed by atoms with van der Waals surface area (Å²) in [5.74, 6) is 1.16. The highest BCUT2D eigenvalue weighted by Crippen LogP contribution is 2.23. The molecular formula is C9H14ClN3. The fourth-order valence-electron chi connectivity index (χ4n) is 1.84. The molecule has 0 spiro atoms. The molecule has 3 nitrogen and oxygen atoms in total. The highest BCUT2D eigenvalue weighted by molar-refractivity contribution is 6.30. The zero-order chi connectivity index (χ0) is 9.26. The van der Waals surface area contributed by atoms with Crippen molar-refractivity contribution >= 4 is 11.6 Å². The number of rotatable bonds is 3. The Bertz CT molecular complexity index is 306. The van der Waals surface area contributed by atoms with Crippen molar-refractivity contribution in [2.75, 3.05) is 13.6 Å². The maximum Gasteiger partial charge on any atom is 0.150 e. The lowest BCUT2D eigenvalue weighted by molar-refractivity contribution is 0.681. The Morgan fingerprint density at radius 1 is 1.62 bits per heavy atom. The summed E-state index contributed by atoms with van der Waals surface area (Å²) in [6.07, 6.45) is 3.27. The van der Waals surface area contributed by atoms with Crippen molar-refractivity contribution in [1.29, 1.82) is 0 Å². The number of halogens is 1. The molecule has 2 heterocycles. The summed E-state index contributed by atoms with van der Waals surface area (Å²) in [5, 5.41) is 3.82. The van der Waals surface area contributed by atoms with Crippen LogP contribution in [0.4, 0.5) is 0 Å². The molecule has 1 aromatic heterocycles. The lowest BCUT2D eigenvalue weighted by Gasteiger charge is -2.04. The third-order valence-electron chi connectivity index (χ3n) is 2.50. The first-order valence-corrected chi connectivity index (χ1v) is 5.09. The molecule has 0 saturated heterocycles. The van der Waals surface area contributed by atoms with Gasteiger partial charge in [0.05, 0.1) is 5.69 Å². The Morgan fingerprint density at radius 3 is 3.23 bits per heavy atom. The average Bonchev–Trinajstić information content (AvgIpc) is 2.62. The standard InChI is InChI=1S/C9H14ClN3/c1-11-5-4-7-9(10)12-8-3-2-6-13(7)8/h11H,2-6H2,1H3. The van der Waals surface area contributed by atoms with Gasteiger partial charge >= 0.3 is 0 Å². The van der Waals surface area contributed by atoms with Gasteiger partial charge in [0.15, 0.2) is 5.15 Å². The van der Waals surface area contributed by atoms with Crippen LogP contribution >= 0.6 is 11.6 Å². The molecule has 4 heteroatoms. The summed E-state index contributed by atoms with van der Waals surface area (Å²) < 4.78 is 2.26. The minimum absolute atomic E-state index is 0.699. The molecule has 1 aliphatic heterocycles. The summed E-state index contributed by atoms with van der Waals surface area (Å²) in [6.45, 7) is 2.05. The van der Waals surface area contributed by atoms with Gasteiger partial charge in [0.2, 0.25) is 0 Å². The third kappa shape index (κ3) is 1.58. The van der Waals surface area contributed by atoms with Gasteiger partial charge in [-0.2, -0.15) is 0 Å². The molecular weight excluding hydrogens is 186 g/mol. The van der Waals surface area contributed by atoms with Crippen LogP contribution in [-0.2, 0) is 19.4 Å². The molecule has 1 aliphatic rings. The van der Waals surface area contributed by atoms with Crippen LogP contribution in [0.25, 0.3) is 0 Å². The van der Waals surface area contributed by atoms with E-state index in [0.29, 0.717) is 5.15 Å². The molecule has 0 radical (unpaired) electrons. The van der Waals surface area contributed by atoms with E-state index in [0.717, 1.165) is 31.8 Å². The average molecular weight is 200 g/mol. The van der Waals surface area contributed by atoms with Crippen molar-refractivity contribution in [3.8, 4) is 0 Å². The van der Waals surface area contributed by atoms with E-state index < -0.39 is 0 Å². The Balaban J connectivity index is 2.22. The fraction of sp³-hybridized carbons (Fsp3) is 0.667. The van der Waals surface area contributed by atoms with Crippen LogP contribution < -0.4 is 5.32 Å². The molecule has 0 fully saturated rings. The number of aryl methyl sites for hydroxylation is 1. The van der Waals surface area contributed by atoms with Crippen LogP contribution in [0.5, 0.6) is 0 Å². The largest absolute Gasteiger partial charge is 0.331 e. The number of nitrogens with one attached hydrogen (secondary N) is 1. The predicted molar refractivity (Wildman–Crippen MR) is 53.2 cm³/mol. The van der Waals surface area contributed by atoms with Crippen molar-refractivity contribution in [2.24, 2.45) is 0 Å². The lowest BCUT2D eigenvalue weighted by atomic mass is 10.3. The number of hydrogen-bond donors (Lipinski definition) is 1. The van der Waals surface area contributed by atoms with Crippen molar-refractivity contribution in [2.45, 2.75) is 25.8 Å². The van der Waals surface area contributed by atoms with Crippen molar-refractivity contribution in [3.63, 3.8) is 0 Å². The van der Waals surface area contributed by atoms with E-state index in [4.69, 9.17) is 11.6 Å². The fourth-order valence-corrected chi connectivity index (χ4v) is 2.13. The van der Waals surface area contributed by atoms with Gasteiger partial charge in [-0.25, -0.2) is 4.98 Å². The summed E-state index contributed by atoms with van der Waals surface area (Å²) in [5.41, 5.74) is 1.20. The number of fused-ring (bicyclic) bond motifs is 1. The summed E-state index contributed by atoms with van der Waals surface area (Å²) >= 11 is 6.04. The van der Waals surface area contributed by atoms with E-state index in [1.54, 1.807) is 0 Å². The van der Waals surface area contributed by atoms with E-state index in [-0.39, 0.29) is 0 Å². The highest BCUT2D eigenvalue weighted by Gasteiger charge is 2.18. The molecule has 0 amide bonds. The zero-order valence-electron chi connectivity index (χ0n) is 7.81. The van der Waals surface area contributed by atoms with Crippen molar-refractivity contribution < 1.29 is 0 Å². The van der Waals surface area contributed by atoms with Crippen LogP contribution in [0.2, 0.25) is 5.15 Å². The Kier molecular flexibility index (Phi) is 2.56. The quantitative estimate of drug-likeness (QED) is 0.794. The maximum atomic E-state index is 6.04. The van der Waals surface area contributed by atoms with Gasteiger partial charge in [-0.15, -0.1) is 0 Å². The smallest absolute Gasteiger partial charge is 0.150 e. The maximum absolute atomic E-state index is 6.04. The third-order valence-corrected chi connectivity index (χ3v) is 2.80. The number of imidazole rings is 1. The number of hydrogen-bond acceptors (Lipinski definition) is 2. The van der Waals surface area contributed by atoms with E-state index in [9.17, 15) is 0 Å². The molecule has 0 unspecified atom stereocenters. The van der Waals surface area contributed by atoms with Gasteiger partial charge < -0.3 is 9.88 Å². The highest BCUT2D eigenvalue weighted by atomic mass is 35.5. The van der Waals surface area contributed by atoms with E-state index in [1.807, 2.05) is 7.05 Å². The first kappa shape index (κ1) is 9.03. The minimum atomic E-state index is 0.699. The van der Waals surface area contributed by atoms with Crippen LogP contribution in [0, 0.1) is 0 Å². The molecule has 2 rings (SSSR count). The van der Waals surface area contributed by atoms with E-state index in [1.165, 1.54) is 12.1 Å². The van der Waals surface area contributed by atoms with Gasteiger partial charge in [-0.3, -0.25) is 0 Å². The van der Waals surface area contributed by atoms with Gasteiger partial charge in [-0.1, -0.05) is 11.6 Å². The molecule has 0 aromatic carbocycles. The molecule has 13 heavy (non-hydrogen) atoms.